The van der Waals surface area contributed by atoms with Crippen molar-refractivity contribution < 1.29 is 4.74 Å². The zero-order valence-electron chi connectivity index (χ0n) is 10.4. The molecule has 84 valence electrons. The second-order valence-electron chi connectivity index (χ2n) is 5.11. The van der Waals surface area contributed by atoms with Crippen LogP contribution in [0.15, 0.2) is 36.4 Å². The number of hydrogen-bond acceptors (Lipinski definition) is 1. The highest BCUT2D eigenvalue weighted by Crippen LogP contribution is 2.35. The average Bonchev–Trinajstić information content (AvgIpc) is 2.26. The van der Waals surface area contributed by atoms with Crippen LogP contribution in [0.2, 0.25) is 0 Å². The van der Waals surface area contributed by atoms with E-state index in [-0.39, 0.29) is 5.41 Å². The molecule has 0 aliphatic heterocycles. The Balaban J connectivity index is 2.84. The van der Waals surface area contributed by atoms with Crippen molar-refractivity contribution in [2.75, 3.05) is 7.11 Å². The van der Waals surface area contributed by atoms with Crippen molar-refractivity contribution in [3.63, 3.8) is 0 Å². The van der Waals surface area contributed by atoms with Gasteiger partial charge in [0.25, 0.3) is 0 Å². The normalized spacial score (nSPS) is 11.8. The minimum absolute atomic E-state index is 0.133. The van der Waals surface area contributed by atoms with Gasteiger partial charge >= 0.3 is 0 Å². The molecule has 0 saturated carbocycles. The van der Waals surface area contributed by atoms with E-state index in [1.54, 1.807) is 7.11 Å². The Morgan fingerprint density at radius 1 is 0.938 bits per heavy atom. The van der Waals surface area contributed by atoms with Crippen LogP contribution < -0.4 is 4.74 Å². The first kappa shape index (κ1) is 11.0. The fourth-order valence-electron chi connectivity index (χ4n) is 2.10. The van der Waals surface area contributed by atoms with Gasteiger partial charge < -0.3 is 4.74 Å². The first-order valence-corrected chi connectivity index (χ1v) is 5.60. The molecule has 16 heavy (non-hydrogen) atoms. The number of ether oxygens (including phenoxy) is 1. The van der Waals surface area contributed by atoms with Crippen LogP contribution in [0.3, 0.4) is 0 Å². The minimum Gasteiger partial charge on any atom is -0.496 e. The summed E-state index contributed by atoms with van der Waals surface area (Å²) < 4.78 is 5.46. The molecule has 1 heteroatoms. The Labute approximate surface area is 97.1 Å². The predicted octanol–water partition coefficient (Wildman–Crippen LogP) is 4.15. The number of benzene rings is 2. The molecule has 2 rings (SSSR count). The summed E-state index contributed by atoms with van der Waals surface area (Å²) in [5, 5.41) is 2.48. The number of methoxy groups -OCH3 is 1. The maximum Gasteiger partial charge on any atom is 0.126 e. The van der Waals surface area contributed by atoms with Gasteiger partial charge in [0.2, 0.25) is 0 Å². The van der Waals surface area contributed by atoms with E-state index >= 15 is 0 Å². The number of hydrogen-bond donors (Lipinski definition) is 0. The highest BCUT2D eigenvalue weighted by molar-refractivity contribution is 5.92. The van der Waals surface area contributed by atoms with Crippen LogP contribution in [-0.2, 0) is 5.41 Å². The molecule has 0 aromatic heterocycles. The van der Waals surface area contributed by atoms with Gasteiger partial charge in [0.1, 0.15) is 5.75 Å². The molecule has 2 aromatic carbocycles. The molecule has 0 amide bonds. The number of rotatable bonds is 1. The molecule has 0 unspecified atom stereocenters. The van der Waals surface area contributed by atoms with E-state index in [2.05, 4.69) is 45.0 Å². The van der Waals surface area contributed by atoms with Gasteiger partial charge in [-0.2, -0.15) is 0 Å². The lowest BCUT2D eigenvalue weighted by atomic mass is 9.83. The van der Waals surface area contributed by atoms with E-state index in [9.17, 15) is 0 Å². The lowest BCUT2D eigenvalue weighted by molar-refractivity contribution is 0.418. The van der Waals surface area contributed by atoms with Crippen molar-refractivity contribution in [3.8, 4) is 5.75 Å². The van der Waals surface area contributed by atoms with E-state index in [1.807, 2.05) is 12.1 Å². The maximum absolute atomic E-state index is 5.46. The molecule has 0 aliphatic rings. The van der Waals surface area contributed by atoms with Gasteiger partial charge in [0.05, 0.1) is 7.11 Å². The van der Waals surface area contributed by atoms with Gasteiger partial charge in [-0.3, -0.25) is 0 Å². The lowest BCUT2D eigenvalue weighted by Gasteiger charge is -2.22. The molecular formula is C15H18O. The molecule has 0 radical (unpaired) electrons. The molecule has 0 aliphatic carbocycles. The summed E-state index contributed by atoms with van der Waals surface area (Å²) in [6, 6.07) is 12.6. The Hall–Kier alpha value is -1.50. The van der Waals surface area contributed by atoms with Gasteiger partial charge in [-0.05, 0) is 22.4 Å². The Morgan fingerprint density at radius 3 is 2.12 bits per heavy atom. The van der Waals surface area contributed by atoms with Crippen molar-refractivity contribution in [1.29, 1.82) is 0 Å². The standard InChI is InChI=1S/C15H18O/c1-15(2,3)12-9-5-7-11-8-6-10-13(16-4)14(11)12/h5-10H,1-4H3. The molecule has 0 N–H and O–H groups in total. The predicted molar refractivity (Wildman–Crippen MR) is 69.2 cm³/mol. The monoisotopic (exact) mass is 214 g/mol. The van der Waals surface area contributed by atoms with Gasteiger partial charge in [0.15, 0.2) is 0 Å². The maximum atomic E-state index is 5.46. The molecule has 0 atom stereocenters. The van der Waals surface area contributed by atoms with Crippen molar-refractivity contribution in [2.24, 2.45) is 0 Å². The smallest absolute Gasteiger partial charge is 0.126 e. The van der Waals surface area contributed by atoms with Crippen LogP contribution in [0.4, 0.5) is 0 Å². The lowest BCUT2D eigenvalue weighted by Crippen LogP contribution is -2.11. The molecule has 2 aromatic rings. The van der Waals surface area contributed by atoms with Crippen molar-refractivity contribution >= 4 is 10.8 Å². The highest BCUT2D eigenvalue weighted by atomic mass is 16.5. The third kappa shape index (κ3) is 1.78. The van der Waals surface area contributed by atoms with Crippen LogP contribution in [0.25, 0.3) is 10.8 Å². The summed E-state index contributed by atoms with van der Waals surface area (Å²) in [6.45, 7) is 6.69. The van der Waals surface area contributed by atoms with Gasteiger partial charge in [-0.1, -0.05) is 51.1 Å². The summed E-state index contributed by atoms with van der Waals surface area (Å²) >= 11 is 0. The van der Waals surface area contributed by atoms with E-state index in [4.69, 9.17) is 4.74 Å². The third-order valence-corrected chi connectivity index (χ3v) is 2.89. The molecule has 0 bridgehead atoms. The largest absolute Gasteiger partial charge is 0.496 e. The molecule has 0 heterocycles. The summed E-state index contributed by atoms with van der Waals surface area (Å²) in [5.41, 5.74) is 1.47. The Morgan fingerprint density at radius 2 is 1.56 bits per heavy atom. The van der Waals surface area contributed by atoms with Gasteiger partial charge in [0, 0.05) is 5.39 Å². The fraction of sp³-hybridized carbons (Fsp3) is 0.333. The second-order valence-corrected chi connectivity index (χ2v) is 5.11. The van der Waals surface area contributed by atoms with Crippen molar-refractivity contribution in [3.05, 3.63) is 42.0 Å². The molecule has 0 spiro atoms. The summed E-state index contributed by atoms with van der Waals surface area (Å²) in [6.07, 6.45) is 0. The zero-order chi connectivity index (χ0) is 11.8. The Kier molecular flexibility index (Phi) is 2.63. The molecule has 1 nitrogen and oxygen atoms in total. The summed E-state index contributed by atoms with van der Waals surface area (Å²) in [4.78, 5) is 0. The second kappa shape index (κ2) is 3.82. The van der Waals surface area contributed by atoms with Crippen LogP contribution in [-0.4, -0.2) is 7.11 Å². The fourth-order valence-corrected chi connectivity index (χ4v) is 2.10. The summed E-state index contributed by atoms with van der Waals surface area (Å²) in [5.74, 6) is 0.961. The quantitative estimate of drug-likeness (QED) is 0.693. The van der Waals surface area contributed by atoms with E-state index in [0.717, 1.165) is 5.75 Å². The zero-order valence-corrected chi connectivity index (χ0v) is 10.4. The van der Waals surface area contributed by atoms with Gasteiger partial charge in [-0.25, -0.2) is 0 Å². The van der Waals surface area contributed by atoms with Gasteiger partial charge in [-0.15, -0.1) is 0 Å². The molecule has 0 saturated heterocycles. The molecular weight excluding hydrogens is 196 g/mol. The van der Waals surface area contributed by atoms with Crippen molar-refractivity contribution in [2.45, 2.75) is 26.2 Å². The van der Waals surface area contributed by atoms with Crippen LogP contribution in [0, 0.1) is 0 Å². The Bertz CT molecular complexity index is 501. The highest BCUT2D eigenvalue weighted by Gasteiger charge is 2.18. The van der Waals surface area contributed by atoms with E-state index in [1.165, 1.54) is 16.3 Å². The number of fused-ring (bicyclic) bond motifs is 1. The van der Waals surface area contributed by atoms with Crippen molar-refractivity contribution in [1.82, 2.24) is 0 Å². The SMILES string of the molecule is COc1cccc2cccc(C(C)(C)C)c12. The first-order valence-electron chi connectivity index (χ1n) is 5.60. The van der Waals surface area contributed by atoms with Crippen LogP contribution in [0.1, 0.15) is 26.3 Å². The van der Waals surface area contributed by atoms with Crippen LogP contribution in [0.5, 0.6) is 5.75 Å². The first-order chi connectivity index (χ1) is 7.54. The van der Waals surface area contributed by atoms with E-state index < -0.39 is 0 Å². The minimum atomic E-state index is 0.133. The summed E-state index contributed by atoms with van der Waals surface area (Å²) in [7, 11) is 1.73. The van der Waals surface area contributed by atoms with Crippen LogP contribution >= 0.6 is 0 Å². The topological polar surface area (TPSA) is 9.23 Å². The van der Waals surface area contributed by atoms with E-state index in [0.29, 0.717) is 0 Å². The molecule has 0 fully saturated rings. The average molecular weight is 214 g/mol. The third-order valence-electron chi connectivity index (χ3n) is 2.89.